The number of nitrogens with one attached hydrogen (secondary N) is 1. The maximum Gasteiger partial charge on any atom is 0.586 e. The Hall–Kier alpha value is -5.59. The highest BCUT2D eigenvalue weighted by atomic mass is 19.3. The molecule has 214 valence electrons. The molecule has 8 rings (SSSR count). The van der Waals surface area contributed by atoms with Gasteiger partial charge in [-0.2, -0.15) is 5.10 Å². The highest BCUT2D eigenvalue weighted by Crippen LogP contribution is 2.44. The molecule has 2 aliphatic rings. The van der Waals surface area contributed by atoms with Crippen molar-refractivity contribution in [2.45, 2.75) is 31.7 Å². The summed E-state index contributed by atoms with van der Waals surface area (Å²) in [6.07, 6.45) is 0.846. The highest BCUT2D eigenvalue weighted by molar-refractivity contribution is 5.95. The van der Waals surface area contributed by atoms with E-state index >= 15 is 0 Å². The van der Waals surface area contributed by atoms with E-state index < -0.39 is 17.8 Å². The molecule has 1 aliphatic heterocycles. The molecule has 0 saturated heterocycles. The normalized spacial score (nSPS) is 15.3. The molecule has 3 aromatic carbocycles. The minimum atomic E-state index is -3.77. The van der Waals surface area contributed by atoms with Crippen molar-refractivity contribution in [3.05, 3.63) is 89.7 Å². The van der Waals surface area contributed by atoms with E-state index in [0.29, 0.717) is 28.0 Å². The zero-order valence-electron chi connectivity index (χ0n) is 22.3. The Kier molecular flexibility index (Phi) is 5.39. The summed E-state index contributed by atoms with van der Waals surface area (Å²) in [5.41, 5.74) is 4.06. The summed E-state index contributed by atoms with van der Waals surface area (Å²) in [5.74, 6) is -0.707. The average Bonchev–Trinajstić information content (AvgIpc) is 3.40. The topological polar surface area (TPSA) is 120 Å². The van der Waals surface area contributed by atoms with Gasteiger partial charge in [0, 0.05) is 29.0 Å². The van der Waals surface area contributed by atoms with E-state index in [0.717, 1.165) is 28.7 Å². The molecular formula is C30H21F2N7O4. The van der Waals surface area contributed by atoms with Gasteiger partial charge in [-0.05, 0) is 49.2 Å². The fourth-order valence-electron chi connectivity index (χ4n) is 5.42. The Bertz CT molecular complexity index is 2120. The Balaban J connectivity index is 1.15. The summed E-state index contributed by atoms with van der Waals surface area (Å²) in [5, 5.41) is 4.58. The van der Waals surface area contributed by atoms with Gasteiger partial charge in [0.1, 0.15) is 29.6 Å². The molecule has 0 bridgehead atoms. The largest absolute Gasteiger partial charge is 0.586 e. The summed E-state index contributed by atoms with van der Waals surface area (Å²) in [6, 6.07) is 19.5. The van der Waals surface area contributed by atoms with E-state index in [1.54, 1.807) is 6.33 Å². The van der Waals surface area contributed by atoms with Crippen molar-refractivity contribution >= 4 is 33.7 Å². The van der Waals surface area contributed by atoms with Crippen molar-refractivity contribution in [2.75, 3.05) is 4.90 Å². The lowest BCUT2D eigenvalue weighted by Gasteiger charge is -2.23. The average molecular weight is 582 g/mol. The van der Waals surface area contributed by atoms with E-state index in [1.165, 1.54) is 29.4 Å². The second kappa shape index (κ2) is 9.21. The lowest BCUT2D eigenvalue weighted by atomic mass is 10.1. The van der Waals surface area contributed by atoms with Crippen LogP contribution in [0.1, 0.15) is 12.8 Å². The summed E-state index contributed by atoms with van der Waals surface area (Å²) in [6.45, 7) is -0.382. The first-order valence-corrected chi connectivity index (χ1v) is 13.5. The van der Waals surface area contributed by atoms with Crippen LogP contribution in [-0.4, -0.2) is 47.5 Å². The standard InChI is InChI=1S/C30H21F2N7O4/c31-30(32)42-23-11-9-20(13-24(23)43-30)39(19-7-8-19)25(40)14-38-29(41)28-27(33-15-34-28)26(36-38)17-6-10-22-21(12-17)35-16-37(22)18-4-2-1-3-5-18/h1-6,9-13,15-16,19H,7-8,14H2,(H,33,34). The van der Waals surface area contributed by atoms with Crippen molar-refractivity contribution in [3.8, 4) is 28.4 Å². The van der Waals surface area contributed by atoms with Gasteiger partial charge in [0.25, 0.3) is 5.56 Å². The van der Waals surface area contributed by atoms with Gasteiger partial charge in [0.2, 0.25) is 5.91 Å². The monoisotopic (exact) mass is 581 g/mol. The third kappa shape index (κ3) is 4.28. The lowest BCUT2D eigenvalue weighted by Crippen LogP contribution is -2.39. The van der Waals surface area contributed by atoms with E-state index in [9.17, 15) is 18.4 Å². The molecule has 1 amide bonds. The molecule has 1 aliphatic carbocycles. The number of fused-ring (bicyclic) bond motifs is 3. The SMILES string of the molecule is O=C(Cn1nc(-c2ccc3c(c2)ncn3-c2ccccc2)c2nc[nH]c2c1=O)N(c1ccc2c(c1)OC(F)(F)O2)C1CC1. The third-order valence-electron chi connectivity index (χ3n) is 7.52. The fourth-order valence-corrected chi connectivity index (χ4v) is 5.42. The number of anilines is 1. The molecule has 0 spiro atoms. The number of imidazole rings is 2. The van der Waals surface area contributed by atoms with E-state index in [1.807, 2.05) is 53.1 Å². The van der Waals surface area contributed by atoms with Gasteiger partial charge in [-0.1, -0.05) is 24.3 Å². The number of hydrogen-bond acceptors (Lipinski definition) is 7. The number of hydrogen-bond donors (Lipinski definition) is 1. The van der Waals surface area contributed by atoms with Gasteiger partial charge in [-0.3, -0.25) is 14.2 Å². The molecule has 3 aromatic heterocycles. The number of alkyl halides is 2. The molecule has 1 N–H and O–H groups in total. The number of aromatic amines is 1. The Morgan fingerprint density at radius 2 is 1.84 bits per heavy atom. The summed E-state index contributed by atoms with van der Waals surface area (Å²) in [7, 11) is 0. The first-order valence-electron chi connectivity index (χ1n) is 13.5. The molecule has 0 unspecified atom stereocenters. The number of carbonyl (C=O) groups is 1. The quantitative estimate of drug-likeness (QED) is 0.304. The molecule has 0 radical (unpaired) electrons. The molecule has 6 aromatic rings. The lowest BCUT2D eigenvalue weighted by molar-refractivity contribution is -0.286. The van der Waals surface area contributed by atoms with Gasteiger partial charge >= 0.3 is 6.29 Å². The highest BCUT2D eigenvalue weighted by Gasteiger charge is 2.44. The number of halogens is 2. The zero-order valence-corrected chi connectivity index (χ0v) is 22.3. The fraction of sp³-hybridized carbons (Fsp3) is 0.167. The molecular weight excluding hydrogens is 560 g/mol. The minimum absolute atomic E-state index is 0.116. The van der Waals surface area contributed by atoms with Crippen LogP contribution in [-0.2, 0) is 11.3 Å². The van der Waals surface area contributed by atoms with Crippen LogP contribution < -0.4 is 19.9 Å². The van der Waals surface area contributed by atoms with Crippen molar-refractivity contribution in [1.82, 2.24) is 29.3 Å². The number of nitrogens with zero attached hydrogens (tertiary/aromatic N) is 6. The molecule has 13 heteroatoms. The predicted octanol–water partition coefficient (Wildman–Crippen LogP) is 4.64. The number of H-pyrrole nitrogens is 1. The first kappa shape index (κ1) is 25.1. The van der Waals surface area contributed by atoms with E-state index in [4.69, 9.17) is 0 Å². The van der Waals surface area contributed by atoms with Gasteiger partial charge in [-0.25, -0.2) is 14.6 Å². The molecule has 4 heterocycles. The van der Waals surface area contributed by atoms with Crippen LogP contribution in [0.3, 0.4) is 0 Å². The minimum Gasteiger partial charge on any atom is -0.395 e. The number of para-hydroxylation sites is 1. The van der Waals surface area contributed by atoms with Crippen LogP contribution in [0.5, 0.6) is 11.5 Å². The molecule has 1 fully saturated rings. The number of benzene rings is 3. The summed E-state index contributed by atoms with van der Waals surface area (Å²) >= 11 is 0. The van der Waals surface area contributed by atoms with Crippen molar-refractivity contribution in [2.24, 2.45) is 0 Å². The van der Waals surface area contributed by atoms with E-state index in [2.05, 4.69) is 29.5 Å². The maximum absolute atomic E-state index is 13.7. The van der Waals surface area contributed by atoms with E-state index in [-0.39, 0.29) is 29.6 Å². The van der Waals surface area contributed by atoms with Crippen LogP contribution in [0, 0.1) is 0 Å². The van der Waals surface area contributed by atoms with Gasteiger partial charge in [0.15, 0.2) is 11.5 Å². The van der Waals surface area contributed by atoms with Gasteiger partial charge in [0.05, 0.1) is 17.4 Å². The summed E-state index contributed by atoms with van der Waals surface area (Å²) < 4.78 is 39.3. The number of aromatic nitrogens is 6. The second-order valence-electron chi connectivity index (χ2n) is 10.4. The molecule has 43 heavy (non-hydrogen) atoms. The first-order chi connectivity index (χ1) is 20.8. The number of rotatable bonds is 6. The second-order valence-corrected chi connectivity index (χ2v) is 10.4. The molecule has 11 nitrogen and oxygen atoms in total. The van der Waals surface area contributed by atoms with Crippen LogP contribution in [0.15, 0.2) is 84.2 Å². The smallest absolute Gasteiger partial charge is 0.395 e. The zero-order chi connectivity index (χ0) is 29.3. The van der Waals surface area contributed by atoms with Crippen molar-refractivity contribution in [1.29, 1.82) is 0 Å². The third-order valence-corrected chi connectivity index (χ3v) is 7.52. The van der Waals surface area contributed by atoms with Crippen LogP contribution in [0.25, 0.3) is 39.0 Å². The van der Waals surface area contributed by atoms with Gasteiger partial charge in [-0.15, -0.1) is 8.78 Å². The maximum atomic E-state index is 13.7. The van der Waals surface area contributed by atoms with Crippen molar-refractivity contribution in [3.63, 3.8) is 0 Å². The van der Waals surface area contributed by atoms with Gasteiger partial charge < -0.3 is 19.4 Å². The molecule has 1 saturated carbocycles. The van der Waals surface area contributed by atoms with Crippen LogP contribution in [0.4, 0.5) is 14.5 Å². The Labute approximate surface area is 240 Å². The Morgan fingerprint density at radius 1 is 1.02 bits per heavy atom. The number of carbonyl (C=O) groups excluding carboxylic acids is 1. The summed E-state index contributed by atoms with van der Waals surface area (Å²) in [4.78, 5) is 40.3. The number of amides is 1. The van der Waals surface area contributed by atoms with Crippen LogP contribution in [0.2, 0.25) is 0 Å². The Morgan fingerprint density at radius 3 is 2.65 bits per heavy atom. The van der Waals surface area contributed by atoms with Crippen molar-refractivity contribution < 1.29 is 23.0 Å². The molecule has 0 atom stereocenters. The van der Waals surface area contributed by atoms with Crippen LogP contribution >= 0.6 is 0 Å². The predicted molar refractivity (Wildman–Crippen MR) is 151 cm³/mol. The number of ether oxygens (including phenoxy) is 2.